The summed E-state index contributed by atoms with van der Waals surface area (Å²) >= 11 is 0. The van der Waals surface area contributed by atoms with Crippen LogP contribution in [0.15, 0.2) is 36.4 Å². The van der Waals surface area contributed by atoms with Gasteiger partial charge in [0.05, 0.1) is 29.6 Å². The van der Waals surface area contributed by atoms with E-state index in [4.69, 9.17) is 10.00 Å². The largest absolute Gasteiger partial charge is 0.508 e. The Labute approximate surface area is 194 Å². The Balaban J connectivity index is 0.00000274. The topological polar surface area (TPSA) is 106 Å². The monoisotopic (exact) mass is 446 g/mol. The standard InChI is InChI=1S/C26H28N4O3.H2/c27-14-16-5-6-24-22(11-16)29-15-25(33-24)26(32)30-21-13-23(31)20(17-3-1-2-4-17)12-19(21)18-7-9-28-10-8-18;/h5-7,11-13,17,25,28-29,31H,1-4,8-10,15H2,(H,30,32);1H. The first-order valence-corrected chi connectivity index (χ1v) is 11.6. The van der Waals surface area contributed by atoms with Crippen molar-refractivity contribution in [1.29, 1.82) is 5.26 Å². The summed E-state index contributed by atoms with van der Waals surface area (Å²) in [5.74, 6) is 0.881. The second-order valence-corrected chi connectivity index (χ2v) is 8.92. The number of ether oxygens (including phenoxy) is 1. The molecule has 1 saturated carbocycles. The number of carbonyl (C=O) groups is 1. The zero-order chi connectivity index (χ0) is 22.8. The molecule has 1 aliphatic carbocycles. The van der Waals surface area contributed by atoms with Crippen LogP contribution in [0.5, 0.6) is 11.5 Å². The van der Waals surface area contributed by atoms with Gasteiger partial charge in [0, 0.05) is 19.6 Å². The zero-order valence-electron chi connectivity index (χ0n) is 18.5. The van der Waals surface area contributed by atoms with Crippen LogP contribution >= 0.6 is 0 Å². The van der Waals surface area contributed by atoms with Gasteiger partial charge in [-0.15, -0.1) is 0 Å². The molecule has 0 spiro atoms. The minimum atomic E-state index is -0.725. The lowest BCUT2D eigenvalue weighted by molar-refractivity contribution is -0.122. The number of amides is 1. The SMILES string of the molecule is N#Cc1ccc2c(c1)NCC(C(=O)Nc1cc(O)c(C3CCCC3)cc1C1=CCNCC1)O2.[HH]. The van der Waals surface area contributed by atoms with Crippen LogP contribution in [0.1, 0.15) is 56.1 Å². The number of carbonyl (C=O) groups excluding carboxylic acids is 1. The van der Waals surface area contributed by atoms with Crippen molar-refractivity contribution in [1.82, 2.24) is 5.32 Å². The fraction of sp³-hybridized carbons (Fsp3) is 0.385. The second kappa shape index (κ2) is 9.16. The molecule has 2 heterocycles. The number of hydrogen-bond donors (Lipinski definition) is 4. The molecule has 5 rings (SSSR count). The van der Waals surface area contributed by atoms with Crippen molar-refractivity contribution in [3.63, 3.8) is 0 Å². The maximum absolute atomic E-state index is 13.1. The van der Waals surface area contributed by atoms with Gasteiger partial charge in [0.2, 0.25) is 0 Å². The number of phenols is 1. The highest BCUT2D eigenvalue weighted by Gasteiger charge is 2.28. The summed E-state index contributed by atoms with van der Waals surface area (Å²) in [5, 5.41) is 29.4. The molecule has 0 saturated heterocycles. The Bertz CT molecular complexity index is 1150. The molecule has 1 fully saturated rings. The van der Waals surface area contributed by atoms with Crippen LogP contribution in [0.25, 0.3) is 5.57 Å². The number of anilines is 2. The van der Waals surface area contributed by atoms with E-state index in [1.54, 1.807) is 24.3 Å². The first-order valence-electron chi connectivity index (χ1n) is 11.6. The van der Waals surface area contributed by atoms with Crippen LogP contribution < -0.4 is 20.7 Å². The lowest BCUT2D eigenvalue weighted by Gasteiger charge is -2.27. The number of nitrogens with zero attached hydrogens (tertiary/aromatic N) is 1. The highest BCUT2D eigenvalue weighted by molar-refractivity contribution is 5.98. The zero-order valence-corrected chi connectivity index (χ0v) is 18.5. The molecule has 1 atom stereocenters. The van der Waals surface area contributed by atoms with Crippen molar-refractivity contribution in [2.45, 2.75) is 44.1 Å². The third-order valence-corrected chi connectivity index (χ3v) is 6.78. The molecule has 7 nitrogen and oxygen atoms in total. The fourth-order valence-electron chi connectivity index (χ4n) is 5.00. The van der Waals surface area contributed by atoms with Gasteiger partial charge in [-0.05, 0) is 67.1 Å². The van der Waals surface area contributed by atoms with Crippen molar-refractivity contribution in [2.75, 3.05) is 30.3 Å². The molecule has 0 radical (unpaired) electrons. The van der Waals surface area contributed by atoms with E-state index in [0.29, 0.717) is 35.2 Å². The van der Waals surface area contributed by atoms with Crippen LogP contribution in [0, 0.1) is 11.3 Å². The van der Waals surface area contributed by atoms with E-state index in [0.717, 1.165) is 43.5 Å². The third kappa shape index (κ3) is 4.39. The molecule has 2 aromatic carbocycles. The summed E-state index contributed by atoms with van der Waals surface area (Å²) in [6.07, 6.45) is 6.86. The minimum Gasteiger partial charge on any atom is -0.508 e. The van der Waals surface area contributed by atoms with Crippen LogP contribution in [0.2, 0.25) is 0 Å². The Morgan fingerprint density at radius 3 is 2.85 bits per heavy atom. The number of hydrogen-bond acceptors (Lipinski definition) is 6. The van der Waals surface area contributed by atoms with Gasteiger partial charge in [-0.2, -0.15) is 5.26 Å². The van der Waals surface area contributed by atoms with Crippen molar-refractivity contribution in [3.05, 3.63) is 53.1 Å². The maximum atomic E-state index is 13.1. The first kappa shape index (κ1) is 21.4. The Morgan fingerprint density at radius 2 is 2.09 bits per heavy atom. The maximum Gasteiger partial charge on any atom is 0.267 e. The van der Waals surface area contributed by atoms with Gasteiger partial charge < -0.3 is 25.8 Å². The number of fused-ring (bicyclic) bond motifs is 1. The van der Waals surface area contributed by atoms with Gasteiger partial charge in [0.25, 0.3) is 5.91 Å². The molecule has 2 aliphatic heterocycles. The van der Waals surface area contributed by atoms with Gasteiger partial charge in [-0.3, -0.25) is 4.79 Å². The second-order valence-electron chi connectivity index (χ2n) is 8.92. The fourth-order valence-corrected chi connectivity index (χ4v) is 5.00. The predicted molar refractivity (Wildman–Crippen MR) is 130 cm³/mol. The molecule has 4 N–H and O–H groups in total. The lowest BCUT2D eigenvalue weighted by atomic mass is 9.90. The van der Waals surface area contributed by atoms with Gasteiger partial charge in [0.15, 0.2) is 6.10 Å². The van der Waals surface area contributed by atoms with E-state index >= 15 is 0 Å². The molecule has 1 unspecified atom stereocenters. The molecule has 1 amide bonds. The molecule has 2 aromatic rings. The molecule has 7 heteroatoms. The summed E-state index contributed by atoms with van der Waals surface area (Å²) in [4.78, 5) is 13.1. The summed E-state index contributed by atoms with van der Waals surface area (Å²) < 4.78 is 5.91. The van der Waals surface area contributed by atoms with Crippen molar-refractivity contribution >= 4 is 22.9 Å². The van der Waals surface area contributed by atoms with E-state index in [1.165, 1.54) is 18.4 Å². The van der Waals surface area contributed by atoms with Crippen LogP contribution in [0.4, 0.5) is 11.4 Å². The van der Waals surface area contributed by atoms with Gasteiger partial charge in [0.1, 0.15) is 11.5 Å². The first-order chi connectivity index (χ1) is 16.1. The summed E-state index contributed by atoms with van der Waals surface area (Å²) in [6.45, 7) is 1.97. The molecular weight excluding hydrogens is 416 g/mol. The average Bonchev–Trinajstić information content (AvgIpc) is 3.38. The summed E-state index contributed by atoms with van der Waals surface area (Å²) in [5.41, 5.74) is 5.00. The number of benzene rings is 2. The van der Waals surface area contributed by atoms with E-state index < -0.39 is 6.10 Å². The number of phenolic OH excluding ortho intramolecular Hbond substituents is 1. The number of aromatic hydroxyl groups is 1. The molecule has 172 valence electrons. The van der Waals surface area contributed by atoms with Crippen LogP contribution in [0.3, 0.4) is 0 Å². The summed E-state index contributed by atoms with van der Waals surface area (Å²) in [7, 11) is 0. The van der Waals surface area contributed by atoms with Crippen molar-refractivity contribution in [2.24, 2.45) is 0 Å². The lowest BCUT2D eigenvalue weighted by Crippen LogP contribution is -2.41. The van der Waals surface area contributed by atoms with E-state index in [9.17, 15) is 9.90 Å². The highest BCUT2D eigenvalue weighted by Crippen LogP contribution is 2.42. The van der Waals surface area contributed by atoms with Crippen LogP contribution in [-0.2, 0) is 4.79 Å². The number of nitrogens with one attached hydrogen (secondary N) is 3. The molecular formula is C26H30N4O3. The Kier molecular flexibility index (Phi) is 5.93. The molecule has 0 bridgehead atoms. The Morgan fingerprint density at radius 1 is 1.24 bits per heavy atom. The van der Waals surface area contributed by atoms with Crippen molar-refractivity contribution < 1.29 is 16.1 Å². The average molecular weight is 447 g/mol. The molecule has 33 heavy (non-hydrogen) atoms. The van der Waals surface area contributed by atoms with Gasteiger partial charge in [-0.25, -0.2) is 0 Å². The van der Waals surface area contributed by atoms with E-state index in [-0.39, 0.29) is 13.1 Å². The normalized spacial score (nSPS) is 20.1. The quantitative estimate of drug-likeness (QED) is 0.556. The van der Waals surface area contributed by atoms with Crippen LogP contribution in [-0.4, -0.2) is 36.8 Å². The van der Waals surface area contributed by atoms with Gasteiger partial charge >= 0.3 is 0 Å². The van der Waals surface area contributed by atoms with Gasteiger partial charge in [-0.1, -0.05) is 18.9 Å². The summed E-state index contributed by atoms with van der Waals surface area (Å²) in [6, 6.07) is 11.0. The highest BCUT2D eigenvalue weighted by atomic mass is 16.5. The van der Waals surface area contributed by atoms with E-state index in [1.807, 2.05) is 0 Å². The Hall–Kier alpha value is -3.50. The molecule has 3 aliphatic rings. The van der Waals surface area contributed by atoms with E-state index in [2.05, 4.69) is 34.2 Å². The number of rotatable bonds is 4. The minimum absolute atomic E-state index is 0. The predicted octanol–water partition coefficient (Wildman–Crippen LogP) is 4.36. The smallest absolute Gasteiger partial charge is 0.267 e. The third-order valence-electron chi connectivity index (χ3n) is 6.78. The molecule has 0 aromatic heterocycles. The van der Waals surface area contributed by atoms with Crippen molar-refractivity contribution in [3.8, 4) is 17.6 Å². The number of nitriles is 1.